The van der Waals surface area contributed by atoms with E-state index in [1.165, 1.54) is 22.5 Å². The Balaban J connectivity index is 1.56. The van der Waals surface area contributed by atoms with Gasteiger partial charge in [-0.2, -0.15) is 5.26 Å². The normalized spacial score (nSPS) is 11.1. The third kappa shape index (κ3) is 4.48. The SMILES string of the molecule is CCOc1ccc(C=C(C#N)c2nc(-c3ccc(-c4ccccc4)cc3)cs2)cc1. The van der Waals surface area contributed by atoms with Crippen LogP contribution in [0.4, 0.5) is 0 Å². The van der Waals surface area contributed by atoms with Crippen LogP contribution in [0.1, 0.15) is 17.5 Å². The van der Waals surface area contributed by atoms with Gasteiger partial charge in [-0.25, -0.2) is 4.98 Å². The maximum absolute atomic E-state index is 9.65. The number of benzene rings is 3. The molecule has 0 N–H and O–H groups in total. The minimum Gasteiger partial charge on any atom is -0.494 e. The fourth-order valence-corrected chi connectivity index (χ4v) is 3.92. The molecule has 0 amide bonds. The molecule has 0 fully saturated rings. The number of nitriles is 1. The van der Waals surface area contributed by atoms with E-state index in [0.29, 0.717) is 17.2 Å². The van der Waals surface area contributed by atoms with Crippen molar-refractivity contribution in [1.82, 2.24) is 4.98 Å². The van der Waals surface area contributed by atoms with E-state index in [4.69, 9.17) is 9.72 Å². The highest BCUT2D eigenvalue weighted by Crippen LogP contribution is 2.29. The molecule has 0 spiro atoms. The van der Waals surface area contributed by atoms with Crippen LogP contribution in [0.2, 0.25) is 0 Å². The summed E-state index contributed by atoms with van der Waals surface area (Å²) in [6, 6.07) is 28.6. The molecular formula is C26H20N2OS. The summed E-state index contributed by atoms with van der Waals surface area (Å²) in [4.78, 5) is 4.70. The van der Waals surface area contributed by atoms with Crippen LogP contribution < -0.4 is 4.74 Å². The summed E-state index contributed by atoms with van der Waals surface area (Å²) < 4.78 is 5.47. The van der Waals surface area contributed by atoms with E-state index in [1.54, 1.807) is 0 Å². The summed E-state index contributed by atoms with van der Waals surface area (Å²) >= 11 is 1.48. The van der Waals surface area contributed by atoms with E-state index in [-0.39, 0.29) is 0 Å². The molecule has 3 nitrogen and oxygen atoms in total. The van der Waals surface area contributed by atoms with Crippen LogP contribution in [0, 0.1) is 11.3 Å². The Bertz CT molecular complexity index is 1180. The molecule has 4 aromatic rings. The van der Waals surface area contributed by atoms with Crippen molar-refractivity contribution in [3.05, 3.63) is 94.8 Å². The Labute approximate surface area is 180 Å². The predicted molar refractivity (Wildman–Crippen MR) is 124 cm³/mol. The van der Waals surface area contributed by atoms with Gasteiger partial charge in [0.1, 0.15) is 16.8 Å². The van der Waals surface area contributed by atoms with Gasteiger partial charge in [0.25, 0.3) is 0 Å². The highest BCUT2D eigenvalue weighted by molar-refractivity contribution is 7.11. The zero-order valence-electron chi connectivity index (χ0n) is 16.6. The van der Waals surface area contributed by atoms with E-state index in [0.717, 1.165) is 22.6 Å². The molecule has 0 aliphatic rings. The number of hydrogen-bond donors (Lipinski definition) is 0. The molecule has 0 unspecified atom stereocenters. The molecule has 0 aliphatic carbocycles. The van der Waals surface area contributed by atoms with Gasteiger partial charge in [-0.3, -0.25) is 0 Å². The lowest BCUT2D eigenvalue weighted by molar-refractivity contribution is 0.340. The van der Waals surface area contributed by atoms with Crippen LogP contribution in [-0.4, -0.2) is 11.6 Å². The van der Waals surface area contributed by atoms with E-state index in [1.807, 2.05) is 60.8 Å². The molecule has 1 heterocycles. The number of allylic oxidation sites excluding steroid dienone is 1. The second-order valence-corrected chi connectivity index (χ2v) is 7.51. The highest BCUT2D eigenvalue weighted by Gasteiger charge is 2.10. The zero-order chi connectivity index (χ0) is 20.8. The molecule has 0 radical (unpaired) electrons. The highest BCUT2D eigenvalue weighted by atomic mass is 32.1. The van der Waals surface area contributed by atoms with Crippen LogP contribution in [-0.2, 0) is 0 Å². The smallest absolute Gasteiger partial charge is 0.134 e. The summed E-state index contributed by atoms with van der Waals surface area (Å²) in [7, 11) is 0. The second-order valence-electron chi connectivity index (χ2n) is 6.65. The number of ether oxygens (including phenoxy) is 1. The average Bonchev–Trinajstić information content (AvgIpc) is 3.29. The first-order chi connectivity index (χ1) is 14.8. The van der Waals surface area contributed by atoms with Gasteiger partial charge in [0.2, 0.25) is 0 Å². The first kappa shape index (κ1) is 19.6. The molecule has 0 bridgehead atoms. The van der Waals surface area contributed by atoms with Crippen molar-refractivity contribution in [3.8, 4) is 34.2 Å². The average molecular weight is 409 g/mol. The third-order valence-corrected chi connectivity index (χ3v) is 5.52. The largest absolute Gasteiger partial charge is 0.494 e. The molecule has 0 aliphatic heterocycles. The van der Waals surface area contributed by atoms with Gasteiger partial charge in [-0.15, -0.1) is 11.3 Å². The quantitative estimate of drug-likeness (QED) is 0.325. The Morgan fingerprint density at radius 2 is 1.60 bits per heavy atom. The molecule has 3 aromatic carbocycles. The monoisotopic (exact) mass is 408 g/mol. The first-order valence-electron chi connectivity index (χ1n) is 9.73. The Morgan fingerprint density at radius 3 is 2.27 bits per heavy atom. The predicted octanol–water partition coefficient (Wildman–Crippen LogP) is 6.94. The lowest BCUT2D eigenvalue weighted by Gasteiger charge is -2.03. The van der Waals surface area contributed by atoms with E-state index in [9.17, 15) is 5.26 Å². The fourth-order valence-electron chi connectivity index (χ4n) is 3.13. The van der Waals surface area contributed by atoms with E-state index in [2.05, 4.69) is 42.5 Å². The van der Waals surface area contributed by atoms with Crippen molar-refractivity contribution >= 4 is 23.0 Å². The number of rotatable bonds is 6. The second kappa shape index (κ2) is 9.21. The minimum absolute atomic E-state index is 0.552. The maximum Gasteiger partial charge on any atom is 0.134 e. The van der Waals surface area contributed by atoms with Crippen LogP contribution in [0.15, 0.2) is 84.2 Å². The summed E-state index contributed by atoms with van der Waals surface area (Å²) in [6.45, 7) is 2.59. The Morgan fingerprint density at radius 1 is 0.933 bits per heavy atom. The molecule has 0 saturated heterocycles. The van der Waals surface area contributed by atoms with Crippen molar-refractivity contribution in [2.45, 2.75) is 6.92 Å². The maximum atomic E-state index is 9.65. The van der Waals surface area contributed by atoms with Gasteiger partial charge in [0.15, 0.2) is 0 Å². The van der Waals surface area contributed by atoms with Crippen molar-refractivity contribution in [1.29, 1.82) is 5.26 Å². The number of thiazole rings is 1. The molecule has 30 heavy (non-hydrogen) atoms. The number of hydrogen-bond acceptors (Lipinski definition) is 4. The van der Waals surface area contributed by atoms with Crippen molar-refractivity contribution in [3.63, 3.8) is 0 Å². The van der Waals surface area contributed by atoms with Gasteiger partial charge in [0, 0.05) is 10.9 Å². The lowest BCUT2D eigenvalue weighted by atomic mass is 10.0. The zero-order valence-corrected chi connectivity index (χ0v) is 17.4. The van der Waals surface area contributed by atoms with Gasteiger partial charge >= 0.3 is 0 Å². The molecule has 4 rings (SSSR count). The first-order valence-corrected chi connectivity index (χ1v) is 10.6. The van der Waals surface area contributed by atoms with Gasteiger partial charge < -0.3 is 4.74 Å². The summed E-state index contributed by atoms with van der Waals surface area (Å²) in [5.41, 5.74) is 5.77. The van der Waals surface area contributed by atoms with Crippen molar-refractivity contribution in [2.75, 3.05) is 6.61 Å². The molecule has 146 valence electrons. The lowest BCUT2D eigenvalue weighted by Crippen LogP contribution is -1.90. The van der Waals surface area contributed by atoms with Gasteiger partial charge in [-0.05, 0) is 41.8 Å². The standard InChI is InChI=1S/C26H20N2OS/c1-2-29-24-14-8-19(9-15-24)16-23(17-27)26-28-25(18-30-26)22-12-10-21(11-13-22)20-6-4-3-5-7-20/h3-16,18H,2H2,1H3. The van der Waals surface area contributed by atoms with E-state index < -0.39 is 0 Å². The van der Waals surface area contributed by atoms with Gasteiger partial charge in [0.05, 0.1) is 17.9 Å². The van der Waals surface area contributed by atoms with Crippen LogP contribution in [0.3, 0.4) is 0 Å². The number of aromatic nitrogens is 1. The topological polar surface area (TPSA) is 45.9 Å². The fraction of sp³-hybridized carbons (Fsp3) is 0.0769. The number of nitrogens with zero attached hydrogens (tertiary/aromatic N) is 2. The Kier molecular flexibility index (Phi) is 6.03. The van der Waals surface area contributed by atoms with Crippen molar-refractivity contribution < 1.29 is 4.74 Å². The molecule has 1 aromatic heterocycles. The molecule has 0 saturated carbocycles. The summed E-state index contributed by atoms with van der Waals surface area (Å²) in [5, 5.41) is 12.4. The van der Waals surface area contributed by atoms with Gasteiger partial charge in [-0.1, -0.05) is 66.7 Å². The molecule has 4 heteroatoms. The van der Waals surface area contributed by atoms with E-state index >= 15 is 0 Å². The molecule has 0 atom stereocenters. The van der Waals surface area contributed by atoms with Crippen LogP contribution in [0.5, 0.6) is 5.75 Å². The Hall–Kier alpha value is -3.68. The van der Waals surface area contributed by atoms with Crippen LogP contribution in [0.25, 0.3) is 34.0 Å². The van der Waals surface area contributed by atoms with Crippen molar-refractivity contribution in [2.24, 2.45) is 0 Å². The molecular weight excluding hydrogens is 388 g/mol. The summed E-state index contributed by atoms with van der Waals surface area (Å²) in [6.07, 6.45) is 1.86. The third-order valence-electron chi connectivity index (χ3n) is 4.64. The minimum atomic E-state index is 0.552. The van der Waals surface area contributed by atoms with Crippen LogP contribution >= 0.6 is 11.3 Å². The summed E-state index contributed by atoms with van der Waals surface area (Å²) in [5.74, 6) is 0.823.